The zero-order valence-corrected chi connectivity index (χ0v) is 18.9. The van der Waals surface area contributed by atoms with Crippen LogP contribution in [0.25, 0.3) is 10.8 Å². The van der Waals surface area contributed by atoms with E-state index in [2.05, 4.69) is 15.3 Å². The van der Waals surface area contributed by atoms with Gasteiger partial charge >= 0.3 is 5.97 Å². The molecule has 166 valence electrons. The average Bonchev–Trinajstić information content (AvgIpc) is 3.34. The summed E-state index contributed by atoms with van der Waals surface area (Å²) in [5, 5.41) is 5.09. The van der Waals surface area contributed by atoms with Crippen LogP contribution in [-0.4, -0.2) is 39.4 Å². The first-order valence-electron chi connectivity index (χ1n) is 10.9. The number of benzene rings is 1. The maximum absolute atomic E-state index is 13.0. The van der Waals surface area contributed by atoms with Gasteiger partial charge < -0.3 is 14.6 Å². The van der Waals surface area contributed by atoms with Crippen LogP contribution in [0.15, 0.2) is 53.9 Å². The minimum absolute atomic E-state index is 0.00222. The number of aromatic nitrogens is 2. The highest BCUT2D eigenvalue weighted by Gasteiger charge is 2.43. The first-order chi connectivity index (χ1) is 15.3. The number of fused-ring (bicyclic) bond motifs is 1. The number of ether oxygens (including phenoxy) is 1. The molecule has 1 aliphatic heterocycles. The lowest BCUT2D eigenvalue weighted by Gasteiger charge is -2.21. The van der Waals surface area contributed by atoms with Gasteiger partial charge in [0.05, 0.1) is 12.1 Å². The van der Waals surface area contributed by atoms with Crippen molar-refractivity contribution in [2.45, 2.75) is 46.2 Å². The number of carbonyl (C=O) groups is 2. The predicted octanol–water partition coefficient (Wildman–Crippen LogP) is 3.75. The molecule has 3 aromatic rings. The largest absolute Gasteiger partial charge is 0.460 e. The lowest BCUT2D eigenvalue weighted by molar-refractivity contribution is -0.124. The molecule has 0 fully saturated rings. The maximum atomic E-state index is 13.0. The van der Waals surface area contributed by atoms with Gasteiger partial charge in [-0.15, -0.1) is 0 Å². The maximum Gasteiger partial charge on any atom is 0.340 e. The van der Waals surface area contributed by atoms with Gasteiger partial charge in [-0.2, -0.15) is 0 Å². The molecule has 0 aliphatic carbocycles. The second-order valence-corrected chi connectivity index (χ2v) is 8.57. The van der Waals surface area contributed by atoms with E-state index in [9.17, 15) is 9.59 Å². The molecular formula is C25H28N4O3. The fourth-order valence-electron chi connectivity index (χ4n) is 3.69. The fraction of sp³-hybridized carbons (Fsp3) is 0.360. The Balaban J connectivity index is 1.54. The van der Waals surface area contributed by atoms with E-state index in [1.165, 1.54) is 0 Å². The number of rotatable bonds is 7. The summed E-state index contributed by atoms with van der Waals surface area (Å²) < 4.78 is 7.60. The number of nitrogens with one attached hydrogen (secondary N) is 1. The van der Waals surface area contributed by atoms with Crippen LogP contribution in [0.2, 0.25) is 0 Å². The summed E-state index contributed by atoms with van der Waals surface area (Å²) in [6.07, 6.45) is 6.50. The van der Waals surface area contributed by atoms with Gasteiger partial charge in [-0.3, -0.25) is 9.78 Å². The van der Waals surface area contributed by atoms with Crippen LogP contribution >= 0.6 is 0 Å². The van der Waals surface area contributed by atoms with Crippen LogP contribution in [0.4, 0.5) is 0 Å². The second-order valence-electron chi connectivity index (χ2n) is 8.57. The monoisotopic (exact) mass is 432 g/mol. The van der Waals surface area contributed by atoms with Gasteiger partial charge in [-0.25, -0.2) is 9.79 Å². The molecule has 1 unspecified atom stereocenters. The molecule has 0 saturated heterocycles. The number of hydrogen-bond donors (Lipinski definition) is 1. The smallest absolute Gasteiger partial charge is 0.340 e. The Kier molecular flexibility index (Phi) is 5.82. The molecule has 1 N–H and O–H groups in total. The highest BCUT2D eigenvalue weighted by atomic mass is 16.5. The van der Waals surface area contributed by atoms with Crippen molar-refractivity contribution in [1.29, 1.82) is 0 Å². The second kappa shape index (κ2) is 8.57. The van der Waals surface area contributed by atoms with E-state index < -0.39 is 11.5 Å². The number of aryl methyl sites for hydroxylation is 1. The van der Waals surface area contributed by atoms with Crippen LogP contribution in [-0.2, 0) is 22.5 Å². The molecule has 1 aromatic carbocycles. The first kappa shape index (κ1) is 21.7. The third-order valence-corrected chi connectivity index (χ3v) is 6.15. The first-order valence-corrected chi connectivity index (χ1v) is 10.9. The lowest BCUT2D eigenvalue weighted by atomic mass is 9.89. The number of hydrogen-bond acceptors (Lipinski definition) is 5. The summed E-state index contributed by atoms with van der Waals surface area (Å²) in [7, 11) is 0. The van der Waals surface area contributed by atoms with Crippen LogP contribution in [0, 0.1) is 5.92 Å². The Morgan fingerprint density at radius 1 is 1.22 bits per heavy atom. The molecule has 0 radical (unpaired) electrons. The molecule has 7 heteroatoms. The third-order valence-electron chi connectivity index (χ3n) is 6.15. The molecule has 4 rings (SSSR count). The normalized spacial score (nSPS) is 18.2. The number of pyridine rings is 1. The number of esters is 1. The SMILES string of the molecule is CCc1cnc(C2=NC(C)(C(C)C)C(=O)N2)c(C(=O)OCCn2cc3ccccc3c2)c1. The van der Waals surface area contributed by atoms with Crippen molar-refractivity contribution < 1.29 is 14.3 Å². The van der Waals surface area contributed by atoms with Crippen LogP contribution < -0.4 is 5.32 Å². The van der Waals surface area contributed by atoms with Gasteiger partial charge in [-0.1, -0.05) is 45.0 Å². The topological polar surface area (TPSA) is 85.6 Å². The number of nitrogens with zero attached hydrogens (tertiary/aromatic N) is 3. The van der Waals surface area contributed by atoms with E-state index in [1.807, 2.05) is 62.0 Å². The van der Waals surface area contributed by atoms with E-state index in [1.54, 1.807) is 19.2 Å². The molecule has 1 amide bonds. The molecule has 0 spiro atoms. The Bertz CT molecular complexity index is 1180. The van der Waals surface area contributed by atoms with Gasteiger partial charge in [0, 0.05) is 18.6 Å². The van der Waals surface area contributed by atoms with E-state index in [4.69, 9.17) is 4.74 Å². The van der Waals surface area contributed by atoms with E-state index in [0.717, 1.165) is 22.8 Å². The van der Waals surface area contributed by atoms with Crippen molar-refractivity contribution in [2.24, 2.45) is 10.9 Å². The van der Waals surface area contributed by atoms with E-state index in [0.29, 0.717) is 23.6 Å². The van der Waals surface area contributed by atoms with Crippen molar-refractivity contribution in [3.8, 4) is 0 Å². The van der Waals surface area contributed by atoms with E-state index in [-0.39, 0.29) is 18.4 Å². The van der Waals surface area contributed by atoms with Crippen molar-refractivity contribution in [3.05, 3.63) is 65.7 Å². The molecule has 32 heavy (non-hydrogen) atoms. The Labute approximate surface area is 187 Å². The van der Waals surface area contributed by atoms with Crippen molar-refractivity contribution >= 4 is 28.5 Å². The minimum atomic E-state index is -0.891. The van der Waals surface area contributed by atoms with Gasteiger partial charge in [0.25, 0.3) is 5.91 Å². The van der Waals surface area contributed by atoms with Gasteiger partial charge in [0.1, 0.15) is 17.8 Å². The Morgan fingerprint density at radius 2 is 1.91 bits per heavy atom. The highest BCUT2D eigenvalue weighted by Crippen LogP contribution is 2.27. The number of amidine groups is 1. The molecule has 0 bridgehead atoms. The summed E-state index contributed by atoms with van der Waals surface area (Å²) in [4.78, 5) is 34.6. The van der Waals surface area contributed by atoms with Crippen molar-refractivity contribution in [3.63, 3.8) is 0 Å². The highest BCUT2D eigenvalue weighted by molar-refractivity contribution is 6.17. The average molecular weight is 433 g/mol. The number of aliphatic imine (C=N–C) groups is 1. The fourth-order valence-corrected chi connectivity index (χ4v) is 3.69. The molecule has 1 aliphatic rings. The van der Waals surface area contributed by atoms with Crippen LogP contribution in [0.5, 0.6) is 0 Å². The molecule has 2 aromatic heterocycles. The quantitative estimate of drug-likeness (QED) is 0.576. The van der Waals surface area contributed by atoms with Gasteiger partial charge in [0.15, 0.2) is 5.84 Å². The summed E-state index contributed by atoms with van der Waals surface area (Å²) in [5.74, 6) is -0.350. The number of amides is 1. The molecule has 7 nitrogen and oxygen atoms in total. The Hall–Kier alpha value is -3.48. The number of carbonyl (C=O) groups excluding carboxylic acids is 2. The third kappa shape index (κ3) is 4.02. The standard InChI is InChI=1S/C25H28N4O3/c1-5-17-12-20(21(26-13-17)22-27-24(31)25(4,28-22)16(2)3)23(30)32-11-10-29-14-18-8-6-7-9-19(18)15-29/h6-9,12-16H,5,10-11H2,1-4H3,(H,27,28,31). The molecule has 1 atom stereocenters. The van der Waals surface area contributed by atoms with Crippen molar-refractivity contribution in [2.75, 3.05) is 6.61 Å². The van der Waals surface area contributed by atoms with Gasteiger partial charge in [-0.05, 0) is 41.7 Å². The molecule has 3 heterocycles. The molecular weight excluding hydrogens is 404 g/mol. The summed E-state index contributed by atoms with van der Waals surface area (Å²) in [6, 6.07) is 9.86. The zero-order valence-electron chi connectivity index (χ0n) is 18.9. The minimum Gasteiger partial charge on any atom is -0.460 e. The summed E-state index contributed by atoms with van der Waals surface area (Å²) in [5.41, 5.74) is 0.678. The summed E-state index contributed by atoms with van der Waals surface area (Å²) >= 11 is 0. The zero-order chi connectivity index (χ0) is 22.9. The van der Waals surface area contributed by atoms with Crippen LogP contribution in [0.1, 0.15) is 49.3 Å². The Morgan fingerprint density at radius 3 is 2.50 bits per heavy atom. The van der Waals surface area contributed by atoms with Gasteiger partial charge in [0.2, 0.25) is 0 Å². The van der Waals surface area contributed by atoms with Crippen molar-refractivity contribution in [1.82, 2.24) is 14.9 Å². The predicted molar refractivity (Wildman–Crippen MR) is 124 cm³/mol. The summed E-state index contributed by atoms with van der Waals surface area (Å²) in [6.45, 7) is 8.43. The van der Waals surface area contributed by atoms with Crippen LogP contribution in [0.3, 0.4) is 0 Å². The lowest BCUT2D eigenvalue weighted by Crippen LogP contribution is -2.41. The molecule has 0 saturated carbocycles. The van der Waals surface area contributed by atoms with E-state index >= 15 is 0 Å².